The van der Waals surface area contributed by atoms with Crippen molar-refractivity contribution in [1.29, 1.82) is 0 Å². The smallest absolute Gasteiger partial charge is 0.242 e. The van der Waals surface area contributed by atoms with E-state index in [9.17, 15) is 19.2 Å². The lowest BCUT2D eigenvalue weighted by Crippen LogP contribution is -2.45. The van der Waals surface area contributed by atoms with Crippen LogP contribution >= 0.6 is 0 Å². The third kappa shape index (κ3) is 6.17. The molecule has 0 aromatic carbocycles. The van der Waals surface area contributed by atoms with Crippen molar-refractivity contribution in [3.05, 3.63) is 0 Å². The van der Waals surface area contributed by atoms with Crippen molar-refractivity contribution >= 4 is 24.1 Å². The molecule has 0 saturated heterocycles. The monoisotopic (exact) mass is 286 g/mol. The summed E-state index contributed by atoms with van der Waals surface area (Å²) in [5.74, 6) is -0.888. The van der Waals surface area contributed by atoms with Crippen molar-refractivity contribution in [3.63, 3.8) is 0 Å². The minimum absolute atomic E-state index is 0.0300. The molecule has 0 saturated carbocycles. The molecule has 1 N–H and O–H groups in total. The molecule has 8 heteroatoms. The molecule has 20 heavy (non-hydrogen) atoms. The fraction of sp³-hybridized carbons (Fsp3) is 0.667. The van der Waals surface area contributed by atoms with Gasteiger partial charge < -0.3 is 20.0 Å². The fourth-order valence-corrected chi connectivity index (χ4v) is 1.26. The van der Waals surface area contributed by atoms with Crippen LogP contribution in [0.5, 0.6) is 0 Å². The van der Waals surface area contributed by atoms with Gasteiger partial charge in [-0.1, -0.05) is 0 Å². The number of nitrogens with zero attached hydrogens (tertiary/aromatic N) is 3. The van der Waals surface area contributed by atoms with Gasteiger partial charge >= 0.3 is 0 Å². The van der Waals surface area contributed by atoms with Gasteiger partial charge in [-0.05, 0) is 6.92 Å². The van der Waals surface area contributed by atoms with Crippen molar-refractivity contribution < 1.29 is 19.2 Å². The summed E-state index contributed by atoms with van der Waals surface area (Å²) in [6.07, 6.45) is 0.416. The molecule has 0 aromatic heterocycles. The summed E-state index contributed by atoms with van der Waals surface area (Å²) in [5, 5.41) is 2.23. The summed E-state index contributed by atoms with van der Waals surface area (Å²) in [4.78, 5) is 49.0. The van der Waals surface area contributed by atoms with Crippen LogP contribution in [0.4, 0.5) is 0 Å². The lowest BCUT2D eigenvalue weighted by molar-refractivity contribution is -0.141. The van der Waals surface area contributed by atoms with Crippen LogP contribution in [0.25, 0.3) is 0 Å². The Morgan fingerprint density at radius 2 is 1.35 bits per heavy atom. The maximum atomic E-state index is 11.8. The molecular weight excluding hydrogens is 264 g/mol. The van der Waals surface area contributed by atoms with Crippen molar-refractivity contribution in [2.75, 3.05) is 47.3 Å². The lowest BCUT2D eigenvalue weighted by Gasteiger charge is -2.23. The molecule has 8 nitrogen and oxygen atoms in total. The number of rotatable bonds is 8. The van der Waals surface area contributed by atoms with Gasteiger partial charge in [0.1, 0.15) is 0 Å². The number of hydrogen-bond acceptors (Lipinski definition) is 4. The van der Waals surface area contributed by atoms with Gasteiger partial charge in [0.05, 0.1) is 19.6 Å². The Kier molecular flexibility index (Phi) is 7.95. The average molecular weight is 286 g/mol. The van der Waals surface area contributed by atoms with E-state index in [0.29, 0.717) is 13.0 Å². The van der Waals surface area contributed by atoms with Gasteiger partial charge in [0.25, 0.3) is 0 Å². The van der Waals surface area contributed by atoms with E-state index in [-0.39, 0.29) is 37.4 Å². The molecule has 0 rings (SSSR count). The molecule has 0 bridgehead atoms. The summed E-state index contributed by atoms with van der Waals surface area (Å²) in [6.45, 7) is 2.08. The zero-order valence-corrected chi connectivity index (χ0v) is 12.4. The summed E-state index contributed by atoms with van der Waals surface area (Å²) in [5.41, 5.74) is 0. The first kappa shape index (κ1) is 17.9. The Balaban J connectivity index is 4.28. The van der Waals surface area contributed by atoms with Crippen LogP contribution in [0.1, 0.15) is 6.92 Å². The first-order valence-corrected chi connectivity index (χ1v) is 6.22. The second-order valence-corrected chi connectivity index (χ2v) is 4.41. The quantitative estimate of drug-likeness (QED) is 0.529. The maximum Gasteiger partial charge on any atom is 0.242 e. The van der Waals surface area contributed by atoms with Crippen LogP contribution < -0.4 is 5.32 Å². The van der Waals surface area contributed by atoms with Crippen LogP contribution in [0.15, 0.2) is 0 Å². The lowest BCUT2D eigenvalue weighted by atomic mass is 10.4. The largest absolute Gasteiger partial charge is 0.350 e. The maximum absolute atomic E-state index is 11.8. The first-order valence-electron chi connectivity index (χ1n) is 6.22. The molecule has 0 aliphatic rings. The first-order chi connectivity index (χ1) is 9.33. The SMILES string of the molecule is CCN(C)C(=O)CN(C)C(=O)CN(C)C(=O)CNC=O. The highest BCUT2D eigenvalue weighted by Crippen LogP contribution is 1.93. The van der Waals surface area contributed by atoms with Gasteiger partial charge in [-0.2, -0.15) is 0 Å². The number of nitrogens with one attached hydrogen (secondary N) is 1. The normalized spacial score (nSPS) is 9.60. The van der Waals surface area contributed by atoms with Gasteiger partial charge in [0, 0.05) is 27.7 Å². The number of carbonyl (C=O) groups is 4. The fourth-order valence-electron chi connectivity index (χ4n) is 1.26. The topological polar surface area (TPSA) is 90.0 Å². The van der Waals surface area contributed by atoms with Crippen molar-refractivity contribution in [2.24, 2.45) is 0 Å². The van der Waals surface area contributed by atoms with E-state index in [1.54, 1.807) is 7.05 Å². The van der Waals surface area contributed by atoms with Crippen LogP contribution in [0, 0.1) is 0 Å². The van der Waals surface area contributed by atoms with Crippen LogP contribution in [-0.2, 0) is 19.2 Å². The minimum atomic E-state index is -0.379. The Morgan fingerprint density at radius 1 is 0.900 bits per heavy atom. The molecule has 0 aliphatic carbocycles. The average Bonchev–Trinajstić information content (AvgIpc) is 2.43. The van der Waals surface area contributed by atoms with E-state index in [4.69, 9.17) is 0 Å². The Bertz CT molecular complexity index is 372. The molecule has 114 valence electrons. The number of likely N-dealkylation sites (N-methyl/N-ethyl adjacent to an activating group) is 3. The molecule has 0 radical (unpaired) electrons. The Morgan fingerprint density at radius 3 is 1.80 bits per heavy atom. The molecule has 0 aliphatic heterocycles. The zero-order chi connectivity index (χ0) is 15.7. The van der Waals surface area contributed by atoms with Gasteiger partial charge in [0.15, 0.2) is 0 Å². The number of hydrogen-bond donors (Lipinski definition) is 1. The number of carbonyl (C=O) groups excluding carboxylic acids is 4. The molecule has 0 aromatic rings. The predicted octanol–water partition coefficient (Wildman–Crippen LogP) is -1.87. The summed E-state index contributed by atoms with van der Waals surface area (Å²) < 4.78 is 0. The van der Waals surface area contributed by atoms with E-state index in [2.05, 4.69) is 5.32 Å². The third-order valence-electron chi connectivity index (χ3n) is 2.83. The van der Waals surface area contributed by atoms with E-state index in [0.717, 1.165) is 0 Å². The van der Waals surface area contributed by atoms with Gasteiger partial charge in [-0.3, -0.25) is 19.2 Å². The minimum Gasteiger partial charge on any atom is -0.350 e. The van der Waals surface area contributed by atoms with Crippen molar-refractivity contribution in [2.45, 2.75) is 6.92 Å². The van der Waals surface area contributed by atoms with E-state index in [1.807, 2.05) is 6.92 Å². The summed E-state index contributed by atoms with van der Waals surface area (Å²) >= 11 is 0. The molecular formula is C12H22N4O4. The third-order valence-corrected chi connectivity index (χ3v) is 2.83. The second kappa shape index (κ2) is 8.89. The van der Waals surface area contributed by atoms with Crippen molar-refractivity contribution in [1.82, 2.24) is 20.0 Å². The highest BCUT2D eigenvalue weighted by atomic mass is 16.2. The molecule has 4 amide bonds. The van der Waals surface area contributed by atoms with Gasteiger partial charge in [0.2, 0.25) is 24.1 Å². The second-order valence-electron chi connectivity index (χ2n) is 4.41. The molecule has 0 fully saturated rings. The van der Waals surface area contributed by atoms with Crippen LogP contribution in [0.2, 0.25) is 0 Å². The molecule has 0 spiro atoms. The van der Waals surface area contributed by atoms with Crippen LogP contribution in [-0.4, -0.2) is 86.2 Å². The van der Waals surface area contributed by atoms with Crippen molar-refractivity contribution in [3.8, 4) is 0 Å². The molecule has 0 heterocycles. The van der Waals surface area contributed by atoms with Gasteiger partial charge in [-0.15, -0.1) is 0 Å². The van der Waals surface area contributed by atoms with E-state index >= 15 is 0 Å². The van der Waals surface area contributed by atoms with E-state index < -0.39 is 0 Å². The predicted molar refractivity (Wildman–Crippen MR) is 72.7 cm³/mol. The highest BCUT2D eigenvalue weighted by Gasteiger charge is 2.18. The molecule has 0 atom stereocenters. The standard InChI is InChI=1S/C12H22N4O4/c1-5-14(2)11(19)7-16(4)12(20)8-15(3)10(18)6-13-9-17/h9H,5-8H2,1-4H3,(H,13,17). The Labute approximate surface area is 118 Å². The van der Waals surface area contributed by atoms with Gasteiger partial charge in [-0.25, -0.2) is 0 Å². The highest BCUT2D eigenvalue weighted by molar-refractivity contribution is 5.88. The van der Waals surface area contributed by atoms with E-state index in [1.165, 1.54) is 28.8 Å². The molecule has 0 unspecified atom stereocenters. The zero-order valence-electron chi connectivity index (χ0n) is 12.4. The Hall–Kier alpha value is -2.12. The summed E-state index contributed by atoms with van der Waals surface area (Å²) in [7, 11) is 4.62. The van der Waals surface area contributed by atoms with Crippen LogP contribution in [0.3, 0.4) is 0 Å². The number of amides is 4. The summed E-state index contributed by atoms with van der Waals surface area (Å²) in [6, 6.07) is 0.